The first-order valence-corrected chi connectivity index (χ1v) is 8.46. The molecule has 2 unspecified atom stereocenters. The lowest BCUT2D eigenvalue weighted by Gasteiger charge is -2.28. The number of nitrogens with zero attached hydrogens (tertiary/aromatic N) is 1. The van der Waals surface area contributed by atoms with Gasteiger partial charge in [-0.2, -0.15) is 0 Å². The fourth-order valence-corrected chi connectivity index (χ4v) is 2.96. The van der Waals surface area contributed by atoms with Gasteiger partial charge in [0.1, 0.15) is 23.3 Å². The van der Waals surface area contributed by atoms with Gasteiger partial charge in [0, 0.05) is 11.4 Å². The van der Waals surface area contributed by atoms with Gasteiger partial charge in [-0.25, -0.2) is 0 Å². The highest BCUT2D eigenvalue weighted by atomic mass is 16.5. The molecule has 1 aliphatic carbocycles. The van der Waals surface area contributed by atoms with Crippen molar-refractivity contribution in [3.8, 4) is 11.5 Å². The molecule has 24 heavy (non-hydrogen) atoms. The zero-order valence-electron chi connectivity index (χ0n) is 13.9. The summed E-state index contributed by atoms with van der Waals surface area (Å²) in [5.74, 6) is 0.961. The van der Waals surface area contributed by atoms with Crippen molar-refractivity contribution in [2.24, 2.45) is 0 Å². The van der Waals surface area contributed by atoms with E-state index in [0.717, 1.165) is 42.8 Å². The van der Waals surface area contributed by atoms with E-state index in [1.165, 1.54) is 0 Å². The Kier molecular flexibility index (Phi) is 5.20. The van der Waals surface area contributed by atoms with Crippen LogP contribution >= 0.6 is 0 Å². The number of pyridine rings is 1. The van der Waals surface area contributed by atoms with Gasteiger partial charge in [-0.1, -0.05) is 6.42 Å². The minimum Gasteiger partial charge on any atom is -0.506 e. The summed E-state index contributed by atoms with van der Waals surface area (Å²) < 4.78 is 5.89. The van der Waals surface area contributed by atoms with Crippen molar-refractivity contribution in [2.75, 3.05) is 5.32 Å². The van der Waals surface area contributed by atoms with Gasteiger partial charge in [0.25, 0.3) is 0 Å². The van der Waals surface area contributed by atoms with E-state index in [-0.39, 0.29) is 18.0 Å². The Balaban J connectivity index is 1.57. The van der Waals surface area contributed by atoms with Crippen molar-refractivity contribution in [3.63, 3.8) is 0 Å². The van der Waals surface area contributed by atoms with Crippen LogP contribution in [0.5, 0.6) is 11.5 Å². The zero-order chi connectivity index (χ0) is 16.9. The molecule has 1 fully saturated rings. The van der Waals surface area contributed by atoms with Gasteiger partial charge in [0.15, 0.2) is 0 Å². The molecule has 0 radical (unpaired) electrons. The molecule has 1 aromatic heterocycles. The highest BCUT2D eigenvalue weighted by Crippen LogP contribution is 2.25. The normalized spacial score (nSPS) is 20.6. The largest absolute Gasteiger partial charge is 0.506 e. The van der Waals surface area contributed by atoms with E-state index in [0.29, 0.717) is 12.2 Å². The minimum atomic E-state index is -0.369. The first kappa shape index (κ1) is 16.6. The topological polar surface area (TPSA) is 74.6 Å². The molecule has 3 N–H and O–H groups in total. The van der Waals surface area contributed by atoms with E-state index in [1.807, 2.05) is 31.2 Å². The molecule has 1 aliphatic rings. The van der Waals surface area contributed by atoms with E-state index >= 15 is 0 Å². The number of hydrogen-bond acceptors (Lipinski definition) is 5. The average molecular weight is 328 g/mol. The number of aromatic nitrogens is 1. The van der Waals surface area contributed by atoms with Crippen LogP contribution in [0.1, 0.15) is 37.1 Å². The van der Waals surface area contributed by atoms with Crippen LogP contribution in [0.25, 0.3) is 0 Å². The Morgan fingerprint density at radius 3 is 2.62 bits per heavy atom. The van der Waals surface area contributed by atoms with Crippen LogP contribution in [0.3, 0.4) is 0 Å². The third-order valence-corrected chi connectivity index (χ3v) is 4.36. The van der Waals surface area contributed by atoms with Gasteiger partial charge >= 0.3 is 0 Å². The van der Waals surface area contributed by atoms with Gasteiger partial charge in [-0.15, -0.1) is 0 Å². The summed E-state index contributed by atoms with van der Waals surface area (Å²) in [6, 6.07) is 11.1. The number of nitrogens with one attached hydrogen (secondary N) is 1. The molecule has 5 nitrogen and oxygen atoms in total. The molecule has 3 rings (SSSR count). The van der Waals surface area contributed by atoms with Crippen LogP contribution < -0.4 is 10.1 Å². The number of anilines is 1. The second kappa shape index (κ2) is 7.53. The lowest BCUT2D eigenvalue weighted by Crippen LogP contribution is -2.34. The van der Waals surface area contributed by atoms with Gasteiger partial charge in [-0.3, -0.25) is 4.98 Å². The van der Waals surface area contributed by atoms with E-state index in [1.54, 1.807) is 12.1 Å². The maximum atomic E-state index is 9.98. The summed E-state index contributed by atoms with van der Waals surface area (Å²) in [6.07, 6.45) is 3.42. The summed E-state index contributed by atoms with van der Waals surface area (Å²) in [4.78, 5) is 4.33. The highest BCUT2D eigenvalue weighted by molar-refractivity contribution is 5.47. The van der Waals surface area contributed by atoms with Gasteiger partial charge < -0.3 is 20.3 Å². The third kappa shape index (κ3) is 4.17. The second-order valence-electron chi connectivity index (χ2n) is 6.30. The number of ether oxygens (including phenoxy) is 1. The number of hydrogen-bond donors (Lipinski definition) is 3. The fourth-order valence-electron chi connectivity index (χ4n) is 2.96. The summed E-state index contributed by atoms with van der Waals surface area (Å²) in [7, 11) is 0. The van der Waals surface area contributed by atoms with Crippen molar-refractivity contribution in [3.05, 3.63) is 47.8 Å². The molecular formula is C19H24N2O3. The summed E-state index contributed by atoms with van der Waals surface area (Å²) >= 11 is 0. The van der Waals surface area contributed by atoms with E-state index in [9.17, 15) is 10.2 Å². The molecule has 2 atom stereocenters. The van der Waals surface area contributed by atoms with Crippen molar-refractivity contribution in [1.29, 1.82) is 0 Å². The van der Waals surface area contributed by atoms with Crippen LogP contribution in [-0.4, -0.2) is 27.4 Å². The zero-order valence-corrected chi connectivity index (χ0v) is 13.9. The average Bonchev–Trinajstić information content (AvgIpc) is 2.59. The Labute approximate surface area is 142 Å². The molecule has 0 spiro atoms. The smallest absolute Gasteiger partial charge is 0.138 e. The maximum absolute atomic E-state index is 9.98. The molecular weight excluding hydrogens is 304 g/mol. The van der Waals surface area contributed by atoms with Crippen molar-refractivity contribution >= 4 is 5.69 Å². The van der Waals surface area contributed by atoms with E-state index < -0.39 is 0 Å². The Bertz CT molecular complexity index is 673. The lowest BCUT2D eigenvalue weighted by molar-refractivity contribution is 0.00688. The number of aromatic hydroxyl groups is 1. The van der Waals surface area contributed by atoms with Crippen molar-refractivity contribution in [2.45, 2.75) is 51.4 Å². The van der Waals surface area contributed by atoms with E-state index in [2.05, 4.69) is 10.3 Å². The maximum Gasteiger partial charge on any atom is 0.138 e. The quantitative estimate of drug-likeness (QED) is 0.784. The van der Waals surface area contributed by atoms with Crippen LogP contribution in [0.4, 0.5) is 5.69 Å². The predicted molar refractivity (Wildman–Crippen MR) is 93.3 cm³/mol. The van der Waals surface area contributed by atoms with Crippen molar-refractivity contribution < 1.29 is 14.9 Å². The fraction of sp³-hybridized carbons (Fsp3) is 0.421. The molecule has 1 aromatic carbocycles. The molecule has 1 saturated carbocycles. The van der Waals surface area contributed by atoms with Crippen LogP contribution in [0.2, 0.25) is 0 Å². The first-order valence-electron chi connectivity index (χ1n) is 8.46. The molecule has 128 valence electrons. The van der Waals surface area contributed by atoms with Gasteiger partial charge in [0.2, 0.25) is 0 Å². The SMILES string of the molecule is Cc1ccc(O)c(CNc2ccc(OC3CCCCC3O)cc2)n1. The summed E-state index contributed by atoms with van der Waals surface area (Å²) in [5, 5.41) is 23.0. The molecule has 2 aromatic rings. The third-order valence-electron chi connectivity index (χ3n) is 4.36. The second-order valence-corrected chi connectivity index (χ2v) is 6.30. The molecule has 0 saturated heterocycles. The Morgan fingerprint density at radius 2 is 1.88 bits per heavy atom. The lowest BCUT2D eigenvalue weighted by atomic mass is 9.95. The standard InChI is InChI=1S/C19H24N2O3/c1-13-6-11-17(22)16(21-13)12-20-14-7-9-15(10-8-14)24-19-5-3-2-4-18(19)23/h6-11,18-20,22-23H,2-5,12H2,1H3. The number of aliphatic hydroxyl groups excluding tert-OH is 1. The van der Waals surface area contributed by atoms with E-state index in [4.69, 9.17) is 4.74 Å². The predicted octanol–water partition coefficient (Wildman–Crippen LogP) is 3.39. The summed E-state index contributed by atoms with van der Waals surface area (Å²) in [6.45, 7) is 2.35. The van der Waals surface area contributed by atoms with Crippen LogP contribution in [-0.2, 0) is 6.54 Å². The number of benzene rings is 1. The number of aryl methyl sites for hydroxylation is 1. The van der Waals surface area contributed by atoms with Gasteiger partial charge in [0.05, 0.1) is 12.6 Å². The number of rotatable bonds is 5. The molecule has 5 heteroatoms. The Morgan fingerprint density at radius 1 is 1.12 bits per heavy atom. The Hall–Kier alpha value is -2.27. The highest BCUT2D eigenvalue weighted by Gasteiger charge is 2.24. The van der Waals surface area contributed by atoms with Crippen LogP contribution in [0, 0.1) is 6.92 Å². The molecule has 0 bridgehead atoms. The number of aliphatic hydroxyl groups is 1. The first-order chi connectivity index (χ1) is 11.6. The minimum absolute atomic E-state index is 0.106. The summed E-state index contributed by atoms with van der Waals surface area (Å²) in [5.41, 5.74) is 2.43. The molecule has 0 amide bonds. The molecule has 0 aliphatic heterocycles. The van der Waals surface area contributed by atoms with Gasteiger partial charge in [-0.05, 0) is 62.6 Å². The molecule has 1 heterocycles. The van der Waals surface area contributed by atoms with Crippen molar-refractivity contribution in [1.82, 2.24) is 4.98 Å². The monoisotopic (exact) mass is 328 g/mol. The van der Waals surface area contributed by atoms with Crippen LogP contribution in [0.15, 0.2) is 36.4 Å².